The summed E-state index contributed by atoms with van der Waals surface area (Å²) < 4.78 is 4.48. The van der Waals surface area contributed by atoms with Gasteiger partial charge in [0.05, 0.1) is 18.5 Å². The molecule has 98 valence electrons. The summed E-state index contributed by atoms with van der Waals surface area (Å²) in [7, 11) is 1.32. The molecule has 0 aliphatic rings. The minimum absolute atomic E-state index is 0.0100. The van der Waals surface area contributed by atoms with Crippen LogP contribution in [0, 0.1) is 10.1 Å². The Morgan fingerprint density at radius 3 is 2.89 bits per heavy atom. The Kier molecular flexibility index (Phi) is 5.54. The number of nitrogens with one attached hydrogen (secondary N) is 1. The lowest BCUT2D eigenvalue weighted by Gasteiger charge is -2.06. The molecule has 0 bridgehead atoms. The highest BCUT2D eigenvalue weighted by Crippen LogP contribution is 2.21. The maximum atomic E-state index is 10.9. The fraction of sp³-hybridized carbons (Fsp3) is 0.364. The molecule has 1 aromatic carbocycles. The number of rotatable bonds is 6. The molecule has 0 heterocycles. The number of hydrogen-bond donors (Lipinski definition) is 1. The van der Waals surface area contributed by atoms with E-state index in [1.54, 1.807) is 0 Å². The number of non-ortho nitro benzene ring substituents is 1. The average molecular weight is 273 g/mol. The lowest BCUT2D eigenvalue weighted by Crippen LogP contribution is -2.18. The molecule has 1 N–H and O–H groups in total. The Labute approximate surface area is 109 Å². The molecular weight excluding hydrogens is 260 g/mol. The normalized spacial score (nSPS) is 10.1. The van der Waals surface area contributed by atoms with Crippen molar-refractivity contribution in [3.63, 3.8) is 0 Å². The van der Waals surface area contributed by atoms with E-state index in [9.17, 15) is 14.9 Å². The summed E-state index contributed by atoms with van der Waals surface area (Å²) in [5, 5.41) is 14.0. The smallest absolute Gasteiger partial charge is 0.306 e. The maximum Gasteiger partial charge on any atom is 0.306 e. The first-order valence-electron chi connectivity index (χ1n) is 5.25. The van der Waals surface area contributed by atoms with Crippen molar-refractivity contribution < 1.29 is 14.5 Å². The zero-order valence-electron chi connectivity index (χ0n) is 9.81. The minimum Gasteiger partial charge on any atom is -0.469 e. The van der Waals surface area contributed by atoms with Crippen LogP contribution in [-0.2, 0) is 16.1 Å². The van der Waals surface area contributed by atoms with Gasteiger partial charge in [-0.3, -0.25) is 14.9 Å². The number of halogens is 1. The summed E-state index contributed by atoms with van der Waals surface area (Å²) in [6, 6.07) is 4.24. The summed E-state index contributed by atoms with van der Waals surface area (Å²) in [4.78, 5) is 21.0. The van der Waals surface area contributed by atoms with Gasteiger partial charge in [0.15, 0.2) is 0 Å². The van der Waals surface area contributed by atoms with Gasteiger partial charge >= 0.3 is 5.97 Å². The first-order chi connectivity index (χ1) is 8.54. The van der Waals surface area contributed by atoms with Crippen molar-refractivity contribution in [1.82, 2.24) is 5.32 Å². The summed E-state index contributed by atoms with van der Waals surface area (Å²) in [5.74, 6) is -0.312. The van der Waals surface area contributed by atoms with Crippen LogP contribution >= 0.6 is 11.6 Å². The Morgan fingerprint density at radius 1 is 1.56 bits per heavy atom. The molecule has 1 aromatic rings. The van der Waals surface area contributed by atoms with Crippen LogP contribution in [-0.4, -0.2) is 24.5 Å². The van der Waals surface area contributed by atoms with Crippen LogP contribution in [0.5, 0.6) is 0 Å². The molecule has 0 amide bonds. The van der Waals surface area contributed by atoms with Crippen LogP contribution in [0.25, 0.3) is 0 Å². The molecule has 0 atom stereocenters. The number of ether oxygens (including phenoxy) is 1. The second-order valence-corrected chi connectivity index (χ2v) is 3.94. The lowest BCUT2D eigenvalue weighted by atomic mass is 10.2. The first-order valence-corrected chi connectivity index (χ1v) is 5.62. The Balaban J connectivity index is 2.53. The molecule has 0 saturated carbocycles. The van der Waals surface area contributed by atoms with Gasteiger partial charge in [-0.25, -0.2) is 0 Å². The van der Waals surface area contributed by atoms with E-state index < -0.39 is 4.92 Å². The van der Waals surface area contributed by atoms with Gasteiger partial charge in [0.25, 0.3) is 5.69 Å². The highest BCUT2D eigenvalue weighted by atomic mass is 35.5. The zero-order valence-corrected chi connectivity index (χ0v) is 10.6. The number of nitro benzene ring substituents is 1. The Hall–Kier alpha value is -1.66. The Bertz CT molecular complexity index is 451. The van der Waals surface area contributed by atoms with E-state index in [0.717, 1.165) is 0 Å². The Morgan fingerprint density at radius 2 is 2.28 bits per heavy atom. The largest absolute Gasteiger partial charge is 0.469 e. The van der Waals surface area contributed by atoms with E-state index in [0.29, 0.717) is 23.7 Å². The van der Waals surface area contributed by atoms with Crippen molar-refractivity contribution in [2.75, 3.05) is 13.7 Å². The van der Waals surface area contributed by atoms with Crippen molar-refractivity contribution in [1.29, 1.82) is 0 Å². The number of hydrogen-bond acceptors (Lipinski definition) is 5. The molecule has 0 aliphatic carbocycles. The van der Waals surface area contributed by atoms with E-state index >= 15 is 0 Å². The van der Waals surface area contributed by atoms with Crippen molar-refractivity contribution in [3.8, 4) is 0 Å². The van der Waals surface area contributed by atoms with Crippen molar-refractivity contribution >= 4 is 23.3 Å². The summed E-state index contributed by atoms with van der Waals surface area (Å²) in [6.07, 6.45) is 0.239. The highest BCUT2D eigenvalue weighted by Gasteiger charge is 2.09. The van der Waals surface area contributed by atoms with E-state index in [1.165, 1.54) is 25.3 Å². The molecule has 6 nitrogen and oxygen atoms in total. The van der Waals surface area contributed by atoms with Crippen molar-refractivity contribution in [2.45, 2.75) is 13.0 Å². The number of nitrogens with zero attached hydrogens (tertiary/aromatic N) is 1. The number of carbonyl (C=O) groups is 1. The van der Waals surface area contributed by atoms with Crippen LogP contribution in [0.3, 0.4) is 0 Å². The molecule has 0 radical (unpaired) electrons. The van der Waals surface area contributed by atoms with Gasteiger partial charge in [0, 0.05) is 30.2 Å². The molecule has 7 heteroatoms. The summed E-state index contributed by atoms with van der Waals surface area (Å²) in [6.45, 7) is 0.781. The molecule has 0 spiro atoms. The highest BCUT2D eigenvalue weighted by molar-refractivity contribution is 6.31. The van der Waals surface area contributed by atoms with Crippen LogP contribution in [0.15, 0.2) is 18.2 Å². The predicted octanol–water partition coefficient (Wildman–Crippen LogP) is 1.90. The number of carbonyl (C=O) groups excluding carboxylic acids is 1. The van der Waals surface area contributed by atoms with Gasteiger partial charge in [-0.05, 0) is 11.6 Å². The van der Waals surface area contributed by atoms with Gasteiger partial charge in [0.2, 0.25) is 0 Å². The van der Waals surface area contributed by atoms with Crippen molar-refractivity contribution in [3.05, 3.63) is 38.9 Å². The third kappa shape index (κ3) is 4.31. The summed E-state index contributed by atoms with van der Waals surface area (Å²) in [5.41, 5.74) is 0.611. The molecule has 0 saturated heterocycles. The standard InChI is InChI=1S/C11H13ClN2O4/c1-18-11(15)4-5-13-7-8-6-9(14(16)17)2-3-10(8)12/h2-3,6,13H,4-5,7H2,1H3. The summed E-state index contributed by atoms with van der Waals surface area (Å²) >= 11 is 5.92. The third-order valence-corrected chi connectivity index (χ3v) is 2.66. The molecule has 0 unspecified atom stereocenters. The van der Waals surface area contributed by atoms with E-state index in [4.69, 9.17) is 11.6 Å². The molecule has 0 aromatic heterocycles. The van der Waals surface area contributed by atoms with E-state index in [-0.39, 0.29) is 18.1 Å². The molecular formula is C11H13ClN2O4. The van der Waals surface area contributed by atoms with Crippen LogP contribution in [0.2, 0.25) is 5.02 Å². The SMILES string of the molecule is COC(=O)CCNCc1cc([N+](=O)[O-])ccc1Cl. The maximum absolute atomic E-state index is 10.9. The fourth-order valence-electron chi connectivity index (χ4n) is 1.33. The van der Waals surface area contributed by atoms with Gasteiger partial charge < -0.3 is 10.1 Å². The van der Waals surface area contributed by atoms with Crippen LogP contribution < -0.4 is 5.32 Å². The monoisotopic (exact) mass is 272 g/mol. The number of methoxy groups -OCH3 is 1. The minimum atomic E-state index is -0.478. The number of benzene rings is 1. The first kappa shape index (κ1) is 14.4. The fourth-order valence-corrected chi connectivity index (χ4v) is 1.51. The van der Waals surface area contributed by atoms with E-state index in [2.05, 4.69) is 10.1 Å². The van der Waals surface area contributed by atoms with E-state index in [1.807, 2.05) is 0 Å². The third-order valence-electron chi connectivity index (χ3n) is 2.29. The number of nitro groups is 1. The average Bonchev–Trinajstić information content (AvgIpc) is 2.35. The van der Waals surface area contributed by atoms with Gasteiger partial charge in [-0.2, -0.15) is 0 Å². The lowest BCUT2D eigenvalue weighted by molar-refractivity contribution is -0.384. The number of esters is 1. The predicted molar refractivity (Wildman–Crippen MR) is 66.4 cm³/mol. The zero-order chi connectivity index (χ0) is 13.5. The topological polar surface area (TPSA) is 81.5 Å². The molecule has 0 aliphatic heterocycles. The molecule has 18 heavy (non-hydrogen) atoms. The van der Waals surface area contributed by atoms with Crippen LogP contribution in [0.1, 0.15) is 12.0 Å². The second-order valence-electron chi connectivity index (χ2n) is 3.54. The quantitative estimate of drug-likeness (QED) is 0.370. The van der Waals surface area contributed by atoms with Gasteiger partial charge in [-0.1, -0.05) is 11.6 Å². The molecule has 0 fully saturated rings. The molecule has 1 rings (SSSR count). The van der Waals surface area contributed by atoms with Gasteiger partial charge in [-0.15, -0.1) is 0 Å². The van der Waals surface area contributed by atoms with Crippen molar-refractivity contribution in [2.24, 2.45) is 0 Å². The second kappa shape index (κ2) is 6.93. The van der Waals surface area contributed by atoms with Gasteiger partial charge in [0.1, 0.15) is 0 Å². The van der Waals surface area contributed by atoms with Crippen LogP contribution in [0.4, 0.5) is 5.69 Å².